The van der Waals surface area contributed by atoms with Crippen molar-refractivity contribution in [3.05, 3.63) is 54.1 Å². The average molecular weight is 505 g/mol. The molecule has 0 bridgehead atoms. The molecule has 0 spiro atoms. The minimum atomic E-state index is -4.03. The van der Waals surface area contributed by atoms with Gasteiger partial charge >= 0.3 is 5.97 Å². The number of aliphatic carboxylic acids is 1. The topological polar surface area (TPSA) is 156 Å². The molecular weight excluding hydrogens is 468 g/mol. The van der Waals surface area contributed by atoms with E-state index < -0.39 is 22.0 Å². The minimum absolute atomic E-state index is 0.00559. The van der Waals surface area contributed by atoms with Gasteiger partial charge in [-0.05, 0) is 73.6 Å². The van der Waals surface area contributed by atoms with E-state index in [4.69, 9.17) is 11.5 Å². The molecule has 10 heteroatoms. The van der Waals surface area contributed by atoms with Crippen molar-refractivity contribution < 1.29 is 23.1 Å². The second kappa shape index (κ2) is 13.1. The lowest BCUT2D eigenvalue weighted by atomic mass is 10.1. The van der Waals surface area contributed by atoms with Gasteiger partial charge in [0.25, 0.3) is 0 Å². The number of anilines is 2. The van der Waals surface area contributed by atoms with E-state index in [1.165, 1.54) is 24.3 Å². The van der Waals surface area contributed by atoms with Crippen molar-refractivity contribution in [2.45, 2.75) is 56.9 Å². The number of rotatable bonds is 14. The number of unbranched alkanes of at least 4 members (excludes halogenated alkanes) is 1. The first kappa shape index (κ1) is 28.1. The Kier molecular flexibility index (Phi) is 10.5. The van der Waals surface area contributed by atoms with Gasteiger partial charge in [-0.3, -0.25) is 9.59 Å². The monoisotopic (exact) mass is 504 g/mol. The van der Waals surface area contributed by atoms with Gasteiger partial charge in [-0.25, -0.2) is 8.42 Å². The fourth-order valence-electron chi connectivity index (χ4n) is 3.70. The number of carbonyl (C=O) groups is 2. The van der Waals surface area contributed by atoms with E-state index in [2.05, 4.69) is 5.32 Å². The van der Waals surface area contributed by atoms with E-state index in [1.54, 1.807) is 6.07 Å². The first-order valence-electron chi connectivity index (χ1n) is 11.7. The molecule has 192 valence electrons. The second-order valence-corrected chi connectivity index (χ2v) is 10.9. The summed E-state index contributed by atoms with van der Waals surface area (Å²) in [6.45, 7) is 4.13. The number of carboxylic acid groups (broad SMARTS) is 1. The molecule has 2 aromatic carbocycles. The van der Waals surface area contributed by atoms with Gasteiger partial charge in [0.2, 0.25) is 15.9 Å². The number of amides is 1. The third-order valence-corrected chi connectivity index (χ3v) is 7.37. The first-order valence-corrected chi connectivity index (χ1v) is 13.2. The molecule has 2 rings (SSSR count). The number of hydrogen-bond donors (Lipinski definition) is 4. The number of carboxylic acids is 1. The lowest BCUT2D eigenvalue weighted by Gasteiger charge is -2.29. The van der Waals surface area contributed by atoms with Gasteiger partial charge in [0.1, 0.15) is 6.04 Å². The molecule has 1 atom stereocenters. The molecule has 0 fully saturated rings. The summed E-state index contributed by atoms with van der Waals surface area (Å²) in [5.41, 5.74) is 13.5. The molecule has 0 saturated carbocycles. The minimum Gasteiger partial charge on any atom is -0.480 e. The Hall–Kier alpha value is -3.11. The van der Waals surface area contributed by atoms with Crippen molar-refractivity contribution in [2.75, 3.05) is 24.6 Å². The van der Waals surface area contributed by atoms with Crippen LogP contribution in [0, 0.1) is 5.92 Å². The molecular formula is C25H36N4O5S. The normalized spacial score (nSPS) is 12.6. The fourth-order valence-corrected chi connectivity index (χ4v) is 5.48. The number of sulfonamides is 1. The summed E-state index contributed by atoms with van der Waals surface area (Å²) < 4.78 is 27.6. The molecule has 0 aliphatic heterocycles. The van der Waals surface area contributed by atoms with E-state index in [9.17, 15) is 23.1 Å². The Labute approximate surface area is 207 Å². The zero-order valence-electron chi connectivity index (χ0n) is 20.3. The highest BCUT2D eigenvalue weighted by Crippen LogP contribution is 2.23. The molecule has 0 aromatic heterocycles. The molecule has 35 heavy (non-hydrogen) atoms. The van der Waals surface area contributed by atoms with Gasteiger partial charge in [-0.2, -0.15) is 4.31 Å². The maximum Gasteiger partial charge on any atom is 0.322 e. The highest BCUT2D eigenvalue weighted by Gasteiger charge is 2.35. The Morgan fingerprint density at radius 1 is 1.03 bits per heavy atom. The third-order valence-electron chi connectivity index (χ3n) is 5.48. The number of nitrogens with zero attached hydrogens (tertiary/aromatic N) is 1. The summed E-state index contributed by atoms with van der Waals surface area (Å²) in [6.07, 6.45) is 2.01. The predicted octanol–water partition coefficient (Wildman–Crippen LogP) is 2.87. The lowest BCUT2D eigenvalue weighted by Crippen LogP contribution is -2.46. The van der Waals surface area contributed by atoms with Gasteiger partial charge < -0.3 is 21.9 Å². The summed E-state index contributed by atoms with van der Waals surface area (Å²) in [6, 6.07) is 11.9. The Morgan fingerprint density at radius 3 is 2.31 bits per heavy atom. The summed E-state index contributed by atoms with van der Waals surface area (Å²) in [5, 5.41) is 12.7. The standard InChI is InChI=1S/C25H36N4O5S/c1-18(2)17-29(35(33,34)22-12-10-20(26)11-13-22)23(25(31)32)8-3-4-15-28-24(30)14-9-19-6-5-7-21(27)16-19/h5-7,10-13,16,18,23H,3-4,8-9,14-15,17,26-27H2,1-2H3,(H,28,30)(H,31,32)/t23-/m0/s1. The fraction of sp³-hybridized carbons (Fsp3) is 0.440. The molecule has 1 amide bonds. The highest BCUT2D eigenvalue weighted by atomic mass is 32.2. The van der Waals surface area contributed by atoms with Gasteiger partial charge in [0.05, 0.1) is 4.90 Å². The summed E-state index contributed by atoms with van der Waals surface area (Å²) >= 11 is 0. The number of benzene rings is 2. The van der Waals surface area contributed by atoms with Crippen molar-refractivity contribution in [1.82, 2.24) is 9.62 Å². The Balaban J connectivity index is 1.93. The van der Waals surface area contributed by atoms with Crippen molar-refractivity contribution in [2.24, 2.45) is 5.92 Å². The predicted molar refractivity (Wildman–Crippen MR) is 137 cm³/mol. The van der Waals surface area contributed by atoms with Gasteiger partial charge in [0.15, 0.2) is 0 Å². The van der Waals surface area contributed by atoms with Gasteiger partial charge in [-0.15, -0.1) is 0 Å². The smallest absolute Gasteiger partial charge is 0.322 e. The van der Waals surface area contributed by atoms with Crippen LogP contribution in [-0.2, 0) is 26.0 Å². The maximum atomic E-state index is 13.3. The van der Waals surface area contributed by atoms with Crippen LogP contribution in [0.25, 0.3) is 0 Å². The summed E-state index contributed by atoms with van der Waals surface area (Å²) in [4.78, 5) is 24.2. The second-order valence-electron chi connectivity index (χ2n) is 8.98. The number of nitrogen functional groups attached to an aromatic ring is 2. The number of aryl methyl sites for hydroxylation is 1. The molecule has 0 heterocycles. The van der Waals surface area contributed by atoms with Crippen LogP contribution >= 0.6 is 0 Å². The number of nitrogens with two attached hydrogens (primary N) is 2. The van der Waals surface area contributed by atoms with Crippen molar-refractivity contribution in [3.63, 3.8) is 0 Å². The zero-order chi connectivity index (χ0) is 26.0. The molecule has 6 N–H and O–H groups in total. The largest absolute Gasteiger partial charge is 0.480 e. The van der Waals surface area contributed by atoms with E-state index in [0.717, 1.165) is 9.87 Å². The molecule has 9 nitrogen and oxygen atoms in total. The van der Waals surface area contributed by atoms with Gasteiger partial charge in [-0.1, -0.05) is 26.0 Å². The van der Waals surface area contributed by atoms with Crippen LogP contribution in [-0.4, -0.2) is 48.8 Å². The number of hydrogen-bond acceptors (Lipinski definition) is 6. The summed E-state index contributed by atoms with van der Waals surface area (Å²) in [5.74, 6) is -1.37. The SMILES string of the molecule is CC(C)CN([C@@H](CCCCNC(=O)CCc1cccc(N)c1)C(=O)O)S(=O)(=O)c1ccc(N)cc1. The van der Waals surface area contributed by atoms with E-state index in [-0.39, 0.29) is 29.7 Å². The van der Waals surface area contributed by atoms with Crippen LogP contribution in [0.3, 0.4) is 0 Å². The van der Waals surface area contributed by atoms with Crippen LogP contribution < -0.4 is 16.8 Å². The molecule has 0 radical (unpaired) electrons. The van der Waals surface area contributed by atoms with Gasteiger partial charge in [0, 0.05) is 30.9 Å². The quantitative estimate of drug-likeness (QED) is 0.228. The molecule has 0 aliphatic rings. The van der Waals surface area contributed by atoms with E-state index in [0.29, 0.717) is 43.6 Å². The van der Waals surface area contributed by atoms with Crippen LogP contribution in [0.4, 0.5) is 11.4 Å². The first-order chi connectivity index (χ1) is 16.5. The van der Waals surface area contributed by atoms with Crippen LogP contribution in [0.5, 0.6) is 0 Å². The Morgan fingerprint density at radius 2 is 1.71 bits per heavy atom. The van der Waals surface area contributed by atoms with Crippen LogP contribution in [0.1, 0.15) is 45.1 Å². The van der Waals surface area contributed by atoms with Crippen LogP contribution in [0.2, 0.25) is 0 Å². The average Bonchev–Trinajstić information content (AvgIpc) is 2.78. The van der Waals surface area contributed by atoms with Crippen LogP contribution in [0.15, 0.2) is 53.4 Å². The zero-order valence-corrected chi connectivity index (χ0v) is 21.1. The van der Waals surface area contributed by atoms with E-state index in [1.807, 2.05) is 32.0 Å². The van der Waals surface area contributed by atoms with Crippen molar-refractivity contribution >= 4 is 33.3 Å². The molecule has 0 unspecified atom stereocenters. The molecule has 2 aromatic rings. The van der Waals surface area contributed by atoms with Crippen molar-refractivity contribution in [1.29, 1.82) is 0 Å². The summed E-state index contributed by atoms with van der Waals surface area (Å²) in [7, 11) is -4.03. The van der Waals surface area contributed by atoms with E-state index >= 15 is 0 Å². The lowest BCUT2D eigenvalue weighted by molar-refractivity contribution is -0.142. The Bertz CT molecular complexity index is 1090. The van der Waals surface area contributed by atoms with Crippen molar-refractivity contribution in [3.8, 4) is 0 Å². The third kappa shape index (κ3) is 8.88. The maximum absolute atomic E-state index is 13.3. The number of nitrogens with one attached hydrogen (secondary N) is 1. The highest BCUT2D eigenvalue weighted by molar-refractivity contribution is 7.89. The molecule has 0 aliphatic carbocycles. The molecule has 0 saturated heterocycles. The number of carbonyl (C=O) groups excluding carboxylic acids is 1.